The van der Waals surface area contributed by atoms with E-state index in [9.17, 15) is 14.7 Å². The second kappa shape index (κ2) is 8.17. The summed E-state index contributed by atoms with van der Waals surface area (Å²) < 4.78 is 6.91. The normalized spacial score (nSPS) is 21.1. The molecule has 0 spiro atoms. The Labute approximate surface area is 203 Å². The topological polar surface area (TPSA) is 87.9 Å². The van der Waals surface area contributed by atoms with Crippen LogP contribution in [0.15, 0.2) is 35.1 Å². The molecule has 1 saturated heterocycles. The van der Waals surface area contributed by atoms with Crippen molar-refractivity contribution in [2.24, 2.45) is 0 Å². The summed E-state index contributed by atoms with van der Waals surface area (Å²) in [5, 5.41) is 12.2. The van der Waals surface area contributed by atoms with Crippen molar-refractivity contribution in [3.05, 3.63) is 57.4 Å². The van der Waals surface area contributed by atoms with Gasteiger partial charge in [-0.05, 0) is 44.5 Å². The van der Waals surface area contributed by atoms with E-state index >= 15 is 0 Å². The Morgan fingerprint density at radius 3 is 2.71 bits per heavy atom. The van der Waals surface area contributed by atoms with Crippen molar-refractivity contribution in [2.75, 3.05) is 38.1 Å². The summed E-state index contributed by atoms with van der Waals surface area (Å²) in [6.45, 7) is 6.16. The molecule has 35 heavy (non-hydrogen) atoms. The monoisotopic (exact) mass is 474 g/mol. The number of fused-ring (bicyclic) bond motifs is 5. The molecule has 1 N–H and O–H groups in total. The SMILES string of the molecule is CC[C@@]1(O)C(=O)OCc2c1cc1n(c2=O)Cc2c-1nc1ccccc1c2N(C)CCN1CCCC1. The molecule has 3 aliphatic heterocycles. The highest BCUT2D eigenvalue weighted by molar-refractivity contribution is 5.97. The molecule has 182 valence electrons. The summed E-state index contributed by atoms with van der Waals surface area (Å²) in [6.07, 6.45) is 2.65. The Kier molecular flexibility index (Phi) is 5.19. The lowest BCUT2D eigenvalue weighted by atomic mass is 9.86. The third kappa shape index (κ3) is 3.31. The molecular formula is C27H30N4O4. The molecule has 0 amide bonds. The molecular weight excluding hydrogens is 444 g/mol. The van der Waals surface area contributed by atoms with Gasteiger partial charge >= 0.3 is 5.97 Å². The Bertz CT molecular complexity index is 1410. The summed E-state index contributed by atoms with van der Waals surface area (Å²) in [4.78, 5) is 35.8. The summed E-state index contributed by atoms with van der Waals surface area (Å²) in [5.74, 6) is -0.705. The van der Waals surface area contributed by atoms with Gasteiger partial charge < -0.3 is 24.2 Å². The second-order valence-corrected chi connectivity index (χ2v) is 9.88. The summed E-state index contributed by atoms with van der Waals surface area (Å²) in [7, 11) is 2.11. The zero-order chi connectivity index (χ0) is 24.3. The summed E-state index contributed by atoms with van der Waals surface area (Å²) in [6, 6.07) is 9.85. The minimum Gasteiger partial charge on any atom is -0.458 e. The summed E-state index contributed by atoms with van der Waals surface area (Å²) in [5.41, 5.74) is 2.97. The zero-order valence-corrected chi connectivity index (χ0v) is 20.2. The van der Waals surface area contributed by atoms with E-state index in [1.807, 2.05) is 18.2 Å². The van der Waals surface area contributed by atoms with Gasteiger partial charge in [-0.2, -0.15) is 0 Å². The van der Waals surface area contributed by atoms with Crippen molar-refractivity contribution in [3.63, 3.8) is 0 Å². The van der Waals surface area contributed by atoms with Crippen LogP contribution in [0.1, 0.15) is 42.9 Å². The molecule has 1 atom stereocenters. The predicted molar refractivity (Wildman–Crippen MR) is 133 cm³/mol. The fraction of sp³-hybridized carbons (Fsp3) is 0.444. The standard InChI is InChI=1S/C27H30N4O4/c1-3-27(34)20-14-22-23-18(15-31(22)25(32)19(20)16-35-26(27)33)24(17-8-4-5-9-21(17)28-23)29(2)12-13-30-10-6-7-11-30/h4-5,8-9,14,34H,3,6-7,10-13,15-16H2,1-2H3/t27-/m0/s1. The number of likely N-dealkylation sites (tertiary alicyclic amines) is 1. The fourth-order valence-corrected chi connectivity index (χ4v) is 5.85. The van der Waals surface area contributed by atoms with Crippen LogP contribution in [-0.2, 0) is 28.3 Å². The third-order valence-electron chi connectivity index (χ3n) is 7.90. The van der Waals surface area contributed by atoms with E-state index in [-0.39, 0.29) is 18.6 Å². The molecule has 1 fully saturated rings. The van der Waals surface area contributed by atoms with Crippen LogP contribution in [0.5, 0.6) is 0 Å². The van der Waals surface area contributed by atoms with E-state index in [4.69, 9.17) is 9.72 Å². The molecule has 8 heteroatoms. The van der Waals surface area contributed by atoms with Gasteiger partial charge in [-0.25, -0.2) is 9.78 Å². The number of esters is 1. The van der Waals surface area contributed by atoms with Gasteiger partial charge in [0.1, 0.15) is 6.61 Å². The number of carbonyl (C=O) groups excluding carboxylic acids is 1. The van der Waals surface area contributed by atoms with Gasteiger partial charge in [0.2, 0.25) is 0 Å². The lowest BCUT2D eigenvalue weighted by Crippen LogP contribution is -2.44. The van der Waals surface area contributed by atoms with Gasteiger partial charge in [0.05, 0.1) is 34.7 Å². The quantitative estimate of drug-likeness (QED) is 0.445. The van der Waals surface area contributed by atoms with E-state index < -0.39 is 11.6 Å². The van der Waals surface area contributed by atoms with Crippen molar-refractivity contribution in [1.29, 1.82) is 0 Å². The maximum Gasteiger partial charge on any atom is 0.343 e. The van der Waals surface area contributed by atoms with E-state index in [0.29, 0.717) is 23.4 Å². The maximum absolute atomic E-state index is 13.6. The van der Waals surface area contributed by atoms with Crippen LogP contribution in [0.2, 0.25) is 0 Å². The molecule has 6 rings (SSSR count). The smallest absolute Gasteiger partial charge is 0.343 e. The van der Waals surface area contributed by atoms with Crippen LogP contribution in [0, 0.1) is 0 Å². The highest BCUT2D eigenvalue weighted by atomic mass is 16.6. The molecule has 1 aromatic carbocycles. The molecule has 0 radical (unpaired) electrons. The predicted octanol–water partition coefficient (Wildman–Crippen LogP) is 2.61. The van der Waals surface area contributed by atoms with Gasteiger partial charge in [-0.15, -0.1) is 0 Å². The van der Waals surface area contributed by atoms with Crippen LogP contribution in [0.4, 0.5) is 5.69 Å². The van der Waals surface area contributed by atoms with E-state index in [1.54, 1.807) is 17.6 Å². The number of aromatic nitrogens is 2. The van der Waals surface area contributed by atoms with Crippen molar-refractivity contribution in [2.45, 2.75) is 44.9 Å². The lowest BCUT2D eigenvalue weighted by molar-refractivity contribution is -0.172. The minimum absolute atomic E-state index is 0.121. The number of aliphatic hydroxyl groups is 1. The van der Waals surface area contributed by atoms with Crippen LogP contribution < -0.4 is 10.5 Å². The fourth-order valence-electron chi connectivity index (χ4n) is 5.85. The largest absolute Gasteiger partial charge is 0.458 e. The first-order valence-electron chi connectivity index (χ1n) is 12.4. The summed E-state index contributed by atoms with van der Waals surface area (Å²) >= 11 is 0. The number of hydrogen-bond donors (Lipinski definition) is 1. The number of ether oxygens (including phenoxy) is 1. The molecule has 0 saturated carbocycles. The van der Waals surface area contributed by atoms with Crippen molar-refractivity contribution in [3.8, 4) is 11.4 Å². The van der Waals surface area contributed by atoms with Crippen molar-refractivity contribution in [1.82, 2.24) is 14.5 Å². The molecule has 0 bridgehead atoms. The highest BCUT2D eigenvalue weighted by Gasteiger charge is 2.45. The molecule has 0 aliphatic carbocycles. The average Bonchev–Trinajstić information content (AvgIpc) is 3.52. The first-order valence-corrected chi connectivity index (χ1v) is 12.4. The van der Waals surface area contributed by atoms with Crippen LogP contribution in [-0.4, -0.2) is 58.8 Å². The number of rotatable bonds is 5. The van der Waals surface area contributed by atoms with E-state index in [2.05, 4.69) is 22.9 Å². The third-order valence-corrected chi connectivity index (χ3v) is 7.90. The number of likely N-dealkylation sites (N-methyl/N-ethyl adjacent to an activating group) is 1. The average molecular weight is 475 g/mol. The van der Waals surface area contributed by atoms with Crippen LogP contribution >= 0.6 is 0 Å². The number of carbonyl (C=O) groups is 1. The minimum atomic E-state index is -1.82. The van der Waals surface area contributed by atoms with Gasteiger partial charge in [-0.1, -0.05) is 25.1 Å². The molecule has 0 unspecified atom stereocenters. The number of para-hydroxylation sites is 1. The maximum atomic E-state index is 13.6. The van der Waals surface area contributed by atoms with E-state index in [1.165, 1.54) is 12.8 Å². The van der Waals surface area contributed by atoms with Crippen molar-refractivity contribution < 1.29 is 14.6 Å². The van der Waals surface area contributed by atoms with Gasteiger partial charge in [-0.3, -0.25) is 4.79 Å². The number of cyclic esters (lactones) is 1. The molecule has 8 nitrogen and oxygen atoms in total. The van der Waals surface area contributed by atoms with Gasteiger partial charge in [0, 0.05) is 36.7 Å². The van der Waals surface area contributed by atoms with Crippen molar-refractivity contribution >= 4 is 22.6 Å². The molecule has 2 aromatic heterocycles. The first kappa shape index (κ1) is 22.2. The Morgan fingerprint density at radius 2 is 1.94 bits per heavy atom. The first-order chi connectivity index (χ1) is 16.9. The van der Waals surface area contributed by atoms with E-state index in [0.717, 1.165) is 54.0 Å². The number of anilines is 1. The number of benzene rings is 1. The Morgan fingerprint density at radius 1 is 1.17 bits per heavy atom. The number of hydrogen-bond acceptors (Lipinski definition) is 7. The highest BCUT2D eigenvalue weighted by Crippen LogP contribution is 2.42. The lowest BCUT2D eigenvalue weighted by Gasteiger charge is -2.31. The number of pyridine rings is 2. The molecule has 3 aliphatic rings. The van der Waals surface area contributed by atoms with Crippen LogP contribution in [0.25, 0.3) is 22.3 Å². The Balaban J connectivity index is 1.51. The number of nitrogens with zero attached hydrogens (tertiary/aromatic N) is 4. The van der Waals surface area contributed by atoms with Crippen LogP contribution in [0.3, 0.4) is 0 Å². The van der Waals surface area contributed by atoms with Gasteiger partial charge in [0.25, 0.3) is 5.56 Å². The second-order valence-electron chi connectivity index (χ2n) is 9.88. The Hall–Kier alpha value is -3.23. The molecule has 5 heterocycles. The van der Waals surface area contributed by atoms with Gasteiger partial charge in [0.15, 0.2) is 5.60 Å². The molecule has 3 aromatic rings. The zero-order valence-electron chi connectivity index (χ0n) is 20.2.